The van der Waals surface area contributed by atoms with Crippen LogP contribution in [0.15, 0.2) is 69.5 Å². The fourth-order valence-corrected chi connectivity index (χ4v) is 5.25. The zero-order valence-electron chi connectivity index (χ0n) is 14.0. The molecule has 0 saturated heterocycles. The normalized spacial score (nSPS) is 18.0. The van der Waals surface area contributed by atoms with Crippen molar-refractivity contribution in [3.05, 3.63) is 75.8 Å². The largest absolute Gasteiger partial charge is 0.269 e. The monoisotopic (exact) mass is 545 g/mol. The molecule has 0 aromatic heterocycles. The molecule has 2 aromatic rings. The number of hydrogen-bond acceptors (Lipinski definition) is 3. The lowest BCUT2D eigenvalue weighted by Crippen LogP contribution is -2.41. The van der Waals surface area contributed by atoms with Gasteiger partial charge < -0.3 is 0 Å². The van der Waals surface area contributed by atoms with Crippen LogP contribution in [-0.4, -0.2) is 23.1 Å². The van der Waals surface area contributed by atoms with Crippen molar-refractivity contribution in [1.29, 1.82) is 0 Å². The highest BCUT2D eigenvalue weighted by atomic mass is 127. The van der Waals surface area contributed by atoms with E-state index in [4.69, 9.17) is 0 Å². The number of carbonyl (C=O) groups is 1. The van der Waals surface area contributed by atoms with Crippen LogP contribution in [0, 0.1) is 6.92 Å². The van der Waals surface area contributed by atoms with E-state index < -0.39 is 22.0 Å². The summed E-state index contributed by atoms with van der Waals surface area (Å²) < 4.78 is 29.1. The van der Waals surface area contributed by atoms with Gasteiger partial charge >= 0.3 is 0 Å². The van der Waals surface area contributed by atoms with Gasteiger partial charge in [-0.05, 0) is 43.2 Å². The number of halogens is 2. The van der Waals surface area contributed by atoms with Gasteiger partial charge in [0, 0.05) is 15.0 Å². The van der Waals surface area contributed by atoms with E-state index in [2.05, 4.69) is 38.5 Å². The Morgan fingerprint density at radius 3 is 2.31 bits per heavy atom. The molecule has 136 valence electrons. The molecular formula is C19H17BrINO3S. The smallest absolute Gasteiger partial charge is 0.267 e. The Hall–Kier alpha value is -1.19. The Kier molecular flexibility index (Phi) is 5.88. The molecule has 4 nitrogen and oxygen atoms in total. The Balaban J connectivity index is 2.11. The van der Waals surface area contributed by atoms with E-state index in [1.54, 1.807) is 24.3 Å². The first kappa shape index (κ1) is 19.6. The third kappa shape index (κ3) is 3.89. The molecule has 2 aromatic carbocycles. The van der Waals surface area contributed by atoms with Gasteiger partial charge in [0.05, 0.1) is 10.9 Å². The van der Waals surface area contributed by atoms with Gasteiger partial charge in [0.15, 0.2) is 0 Å². The van der Waals surface area contributed by atoms with E-state index >= 15 is 0 Å². The molecule has 1 heterocycles. The van der Waals surface area contributed by atoms with Crippen molar-refractivity contribution in [2.75, 3.05) is 4.43 Å². The van der Waals surface area contributed by atoms with Crippen LogP contribution in [0.3, 0.4) is 0 Å². The average molecular weight is 546 g/mol. The molecule has 3 rings (SSSR count). The molecule has 0 aliphatic carbocycles. The first-order valence-corrected chi connectivity index (χ1v) is 11.7. The predicted octanol–water partition coefficient (Wildman–Crippen LogP) is 4.78. The molecule has 1 aliphatic rings. The van der Waals surface area contributed by atoms with Crippen LogP contribution in [-0.2, 0) is 14.8 Å². The zero-order chi connectivity index (χ0) is 18.9. The molecule has 1 atom stereocenters. The maximum atomic E-state index is 13.2. The molecule has 0 fully saturated rings. The fraction of sp³-hybridized carbons (Fsp3) is 0.211. The minimum Gasteiger partial charge on any atom is -0.269 e. The highest BCUT2D eigenvalue weighted by Crippen LogP contribution is 2.37. The molecule has 0 radical (unpaired) electrons. The summed E-state index contributed by atoms with van der Waals surface area (Å²) in [4.78, 5) is 12.9. The maximum Gasteiger partial charge on any atom is 0.267 e. The van der Waals surface area contributed by atoms with E-state index in [-0.39, 0.29) is 4.90 Å². The van der Waals surface area contributed by atoms with Crippen LogP contribution in [0.25, 0.3) is 0 Å². The van der Waals surface area contributed by atoms with E-state index in [9.17, 15) is 13.2 Å². The van der Waals surface area contributed by atoms with Gasteiger partial charge in [-0.15, -0.1) is 0 Å². The average Bonchev–Trinajstić information content (AvgIpc) is 2.61. The number of carbonyl (C=O) groups excluding carboxylic acids is 1. The lowest BCUT2D eigenvalue weighted by molar-refractivity contribution is -0.123. The van der Waals surface area contributed by atoms with Crippen molar-refractivity contribution in [2.45, 2.75) is 24.3 Å². The lowest BCUT2D eigenvalue weighted by atomic mass is 9.96. The minimum absolute atomic E-state index is 0.130. The van der Waals surface area contributed by atoms with Crippen LogP contribution in [0.5, 0.6) is 0 Å². The van der Waals surface area contributed by atoms with Crippen LogP contribution >= 0.6 is 38.5 Å². The van der Waals surface area contributed by atoms with E-state index in [1.165, 1.54) is 6.08 Å². The molecule has 1 aliphatic heterocycles. The van der Waals surface area contributed by atoms with Gasteiger partial charge in [0.1, 0.15) is 0 Å². The third-order valence-electron chi connectivity index (χ3n) is 4.29. The highest BCUT2D eigenvalue weighted by Gasteiger charge is 2.38. The molecule has 0 N–H and O–H groups in total. The van der Waals surface area contributed by atoms with Gasteiger partial charge in [-0.3, -0.25) is 4.79 Å². The molecular weight excluding hydrogens is 529 g/mol. The van der Waals surface area contributed by atoms with Crippen LogP contribution in [0.4, 0.5) is 0 Å². The predicted molar refractivity (Wildman–Crippen MR) is 114 cm³/mol. The number of sulfonamides is 1. The molecule has 0 bridgehead atoms. The second kappa shape index (κ2) is 7.82. The highest BCUT2D eigenvalue weighted by molar-refractivity contribution is 14.1. The summed E-state index contributed by atoms with van der Waals surface area (Å²) in [5, 5.41) is 0. The van der Waals surface area contributed by atoms with E-state index in [1.807, 2.05) is 31.2 Å². The SMILES string of the molecule is Cc1ccc(S(=O)(=O)N2C(=O)C=C(CI)CC2c2ccc(Br)cc2)cc1. The Bertz CT molecular complexity index is 953. The van der Waals surface area contributed by atoms with Crippen molar-refractivity contribution in [3.63, 3.8) is 0 Å². The maximum absolute atomic E-state index is 13.2. The van der Waals surface area contributed by atoms with Gasteiger partial charge in [0.25, 0.3) is 15.9 Å². The number of amides is 1. The quantitative estimate of drug-likeness (QED) is 0.410. The number of nitrogens with zero attached hydrogens (tertiary/aromatic N) is 1. The van der Waals surface area contributed by atoms with Crippen molar-refractivity contribution in [1.82, 2.24) is 4.31 Å². The van der Waals surface area contributed by atoms with Gasteiger partial charge in [-0.2, -0.15) is 0 Å². The summed E-state index contributed by atoms with van der Waals surface area (Å²) in [5.74, 6) is -0.489. The van der Waals surface area contributed by atoms with Gasteiger partial charge in [0.2, 0.25) is 0 Å². The summed E-state index contributed by atoms with van der Waals surface area (Å²) in [5.41, 5.74) is 2.71. The molecule has 26 heavy (non-hydrogen) atoms. The summed E-state index contributed by atoms with van der Waals surface area (Å²) in [7, 11) is -3.94. The third-order valence-corrected chi connectivity index (χ3v) is 7.62. The Morgan fingerprint density at radius 1 is 1.12 bits per heavy atom. The van der Waals surface area contributed by atoms with Crippen molar-refractivity contribution >= 4 is 54.5 Å². The van der Waals surface area contributed by atoms with Crippen LogP contribution in [0.2, 0.25) is 0 Å². The molecule has 1 unspecified atom stereocenters. The second-order valence-electron chi connectivity index (χ2n) is 6.16. The minimum atomic E-state index is -3.94. The van der Waals surface area contributed by atoms with Crippen molar-refractivity contribution in [2.24, 2.45) is 0 Å². The number of hydrogen-bond donors (Lipinski definition) is 0. The lowest BCUT2D eigenvalue weighted by Gasteiger charge is -2.34. The topological polar surface area (TPSA) is 54.5 Å². The molecule has 1 amide bonds. The zero-order valence-corrected chi connectivity index (χ0v) is 18.6. The molecule has 7 heteroatoms. The molecule has 0 spiro atoms. The second-order valence-corrected chi connectivity index (χ2v) is 9.65. The van der Waals surface area contributed by atoms with E-state index in [0.29, 0.717) is 10.8 Å². The number of benzene rings is 2. The summed E-state index contributed by atoms with van der Waals surface area (Å²) in [6, 6.07) is 13.5. The standard InChI is InChI=1S/C19H17BrINO3S/c1-13-2-8-17(9-3-13)26(24,25)22-18(10-14(12-21)11-19(22)23)15-4-6-16(20)7-5-15/h2-9,11,18H,10,12H2,1H3. The van der Waals surface area contributed by atoms with Crippen molar-refractivity contribution < 1.29 is 13.2 Å². The molecule has 0 saturated carbocycles. The number of aryl methyl sites for hydroxylation is 1. The fourth-order valence-electron chi connectivity index (χ4n) is 2.92. The first-order chi connectivity index (χ1) is 12.3. The van der Waals surface area contributed by atoms with Crippen LogP contribution in [0.1, 0.15) is 23.6 Å². The summed E-state index contributed by atoms with van der Waals surface area (Å²) in [6.45, 7) is 1.89. The van der Waals surface area contributed by atoms with Gasteiger partial charge in [-0.25, -0.2) is 12.7 Å². The summed E-state index contributed by atoms with van der Waals surface area (Å²) in [6.07, 6.45) is 1.95. The Labute approximate surface area is 175 Å². The summed E-state index contributed by atoms with van der Waals surface area (Å²) >= 11 is 5.59. The Morgan fingerprint density at radius 2 is 1.73 bits per heavy atom. The number of rotatable bonds is 4. The van der Waals surface area contributed by atoms with Crippen molar-refractivity contribution in [3.8, 4) is 0 Å². The first-order valence-electron chi connectivity index (χ1n) is 7.99. The van der Waals surface area contributed by atoms with Crippen LogP contribution < -0.4 is 0 Å². The van der Waals surface area contributed by atoms with Gasteiger partial charge in [-0.1, -0.05) is 73.9 Å². The number of alkyl halides is 1. The van der Waals surface area contributed by atoms with E-state index in [0.717, 1.165) is 25.5 Å².